The average Bonchev–Trinajstić information content (AvgIpc) is 2.15. The van der Waals surface area contributed by atoms with Crippen LogP contribution in [0, 0.1) is 11.3 Å². The first-order valence-corrected chi connectivity index (χ1v) is 6.74. The highest BCUT2D eigenvalue weighted by Crippen LogP contribution is 2.52. The van der Waals surface area contributed by atoms with Crippen molar-refractivity contribution in [3.8, 4) is 0 Å². The van der Waals surface area contributed by atoms with Gasteiger partial charge in [0.15, 0.2) is 0 Å². The fourth-order valence-electron chi connectivity index (χ4n) is 3.70. The van der Waals surface area contributed by atoms with Crippen molar-refractivity contribution in [1.82, 2.24) is 0 Å². The molecule has 2 aliphatic rings. The maximum absolute atomic E-state index is 10.2. The fourth-order valence-corrected chi connectivity index (χ4v) is 3.70. The Morgan fingerprint density at radius 1 is 1.31 bits per heavy atom. The van der Waals surface area contributed by atoms with Crippen LogP contribution < -0.4 is 0 Å². The van der Waals surface area contributed by atoms with E-state index in [0.717, 1.165) is 6.42 Å². The summed E-state index contributed by atoms with van der Waals surface area (Å²) in [6.45, 7) is 8.68. The zero-order valence-corrected chi connectivity index (χ0v) is 11.3. The van der Waals surface area contributed by atoms with Gasteiger partial charge in [-0.1, -0.05) is 18.1 Å². The fraction of sp³-hybridized carbons (Fsp3) is 0.867. The number of aliphatic hydroxyl groups is 1. The molecule has 0 heterocycles. The van der Waals surface area contributed by atoms with E-state index in [1.54, 1.807) is 11.1 Å². The Morgan fingerprint density at radius 3 is 2.62 bits per heavy atom. The van der Waals surface area contributed by atoms with Crippen molar-refractivity contribution < 1.29 is 5.11 Å². The first kappa shape index (κ1) is 12.2. The van der Waals surface area contributed by atoms with E-state index < -0.39 is 5.60 Å². The first-order valence-electron chi connectivity index (χ1n) is 6.74. The van der Waals surface area contributed by atoms with Crippen LogP contribution in [-0.4, -0.2) is 10.7 Å². The third kappa shape index (κ3) is 2.07. The van der Waals surface area contributed by atoms with Crippen LogP contribution in [0.25, 0.3) is 0 Å². The lowest BCUT2D eigenvalue weighted by atomic mass is 9.60. The zero-order valence-electron chi connectivity index (χ0n) is 11.3. The summed E-state index contributed by atoms with van der Waals surface area (Å²) in [5.41, 5.74) is 3.25. The molecule has 0 aliphatic heterocycles. The minimum atomic E-state index is -0.508. The Bertz CT molecular complexity index is 308. The minimum absolute atomic E-state index is 0.462. The second-order valence-electron chi connectivity index (χ2n) is 6.77. The average molecular weight is 222 g/mol. The van der Waals surface area contributed by atoms with Gasteiger partial charge in [0, 0.05) is 0 Å². The molecule has 1 heteroatoms. The lowest BCUT2D eigenvalue weighted by molar-refractivity contribution is -0.00453. The molecule has 92 valence electrons. The molecule has 0 saturated heterocycles. The van der Waals surface area contributed by atoms with E-state index in [1.807, 2.05) is 13.8 Å². The smallest absolute Gasteiger partial charge is 0.0622 e. The van der Waals surface area contributed by atoms with Crippen LogP contribution in [0.2, 0.25) is 0 Å². The van der Waals surface area contributed by atoms with Crippen LogP contribution >= 0.6 is 0 Å². The van der Waals surface area contributed by atoms with Crippen LogP contribution in [0.15, 0.2) is 11.1 Å². The van der Waals surface area contributed by atoms with Crippen molar-refractivity contribution in [3.05, 3.63) is 11.1 Å². The SMILES string of the molecule is CC1=C2CC(C(C)(C)O)CCC2(C)CCC1. The Kier molecular flexibility index (Phi) is 2.94. The standard InChI is InChI=1S/C15H26O/c1-11-6-5-8-15(4)9-7-12(10-13(11)15)14(2,3)16/h12,16H,5-10H2,1-4H3. The minimum Gasteiger partial charge on any atom is -0.390 e. The summed E-state index contributed by atoms with van der Waals surface area (Å²) in [4.78, 5) is 0. The molecule has 2 rings (SSSR count). The second-order valence-corrected chi connectivity index (χ2v) is 6.77. The molecule has 0 bridgehead atoms. The molecule has 16 heavy (non-hydrogen) atoms. The summed E-state index contributed by atoms with van der Waals surface area (Å²) in [5, 5.41) is 10.2. The van der Waals surface area contributed by atoms with Gasteiger partial charge in [-0.05, 0) is 70.6 Å². The molecule has 2 aliphatic carbocycles. The molecule has 0 amide bonds. The summed E-state index contributed by atoms with van der Waals surface area (Å²) in [6.07, 6.45) is 7.59. The van der Waals surface area contributed by atoms with E-state index in [2.05, 4.69) is 13.8 Å². The molecule has 1 fully saturated rings. The van der Waals surface area contributed by atoms with Gasteiger partial charge in [0.2, 0.25) is 0 Å². The molecule has 0 aromatic heterocycles. The predicted octanol–water partition coefficient (Wildman–Crippen LogP) is 4.06. The molecular formula is C15H26O. The Morgan fingerprint density at radius 2 is 2.00 bits per heavy atom. The second kappa shape index (κ2) is 3.87. The number of hydrogen-bond acceptors (Lipinski definition) is 1. The van der Waals surface area contributed by atoms with Crippen molar-refractivity contribution in [1.29, 1.82) is 0 Å². The summed E-state index contributed by atoms with van der Waals surface area (Å²) in [6, 6.07) is 0. The van der Waals surface area contributed by atoms with E-state index >= 15 is 0 Å². The molecule has 0 radical (unpaired) electrons. The van der Waals surface area contributed by atoms with Gasteiger partial charge in [0.05, 0.1) is 5.60 Å². The summed E-state index contributed by atoms with van der Waals surface area (Å²) in [5.74, 6) is 0.462. The topological polar surface area (TPSA) is 20.2 Å². The first-order chi connectivity index (χ1) is 7.33. The number of fused-ring (bicyclic) bond motifs is 1. The van der Waals surface area contributed by atoms with E-state index in [0.29, 0.717) is 11.3 Å². The van der Waals surface area contributed by atoms with Gasteiger partial charge in [-0.25, -0.2) is 0 Å². The van der Waals surface area contributed by atoms with Gasteiger partial charge < -0.3 is 5.11 Å². The molecule has 0 aromatic rings. The lowest BCUT2D eigenvalue weighted by Gasteiger charge is -2.46. The van der Waals surface area contributed by atoms with Crippen molar-refractivity contribution >= 4 is 0 Å². The molecule has 1 N–H and O–H groups in total. The van der Waals surface area contributed by atoms with Crippen molar-refractivity contribution in [2.45, 2.75) is 71.8 Å². The largest absolute Gasteiger partial charge is 0.390 e. The van der Waals surface area contributed by atoms with Crippen LogP contribution in [0.4, 0.5) is 0 Å². The Labute approximate surface area is 99.9 Å². The number of allylic oxidation sites excluding steroid dienone is 2. The van der Waals surface area contributed by atoms with Gasteiger partial charge in [-0.2, -0.15) is 0 Å². The molecular weight excluding hydrogens is 196 g/mol. The molecule has 2 unspecified atom stereocenters. The van der Waals surface area contributed by atoms with Gasteiger partial charge >= 0.3 is 0 Å². The highest BCUT2D eigenvalue weighted by Gasteiger charge is 2.41. The van der Waals surface area contributed by atoms with Crippen molar-refractivity contribution in [3.63, 3.8) is 0 Å². The third-order valence-electron chi connectivity index (χ3n) is 5.02. The monoisotopic (exact) mass is 222 g/mol. The number of hydrogen-bond donors (Lipinski definition) is 1. The Balaban J connectivity index is 2.25. The molecule has 0 aromatic carbocycles. The Hall–Kier alpha value is -0.300. The summed E-state index contributed by atoms with van der Waals surface area (Å²) in [7, 11) is 0. The van der Waals surface area contributed by atoms with E-state index in [9.17, 15) is 5.11 Å². The van der Waals surface area contributed by atoms with Gasteiger partial charge in [0.1, 0.15) is 0 Å². The van der Waals surface area contributed by atoms with Gasteiger partial charge in [0.25, 0.3) is 0 Å². The molecule has 2 atom stereocenters. The van der Waals surface area contributed by atoms with Crippen LogP contribution in [-0.2, 0) is 0 Å². The summed E-state index contributed by atoms with van der Waals surface area (Å²) >= 11 is 0. The highest BCUT2D eigenvalue weighted by molar-refractivity contribution is 5.26. The third-order valence-corrected chi connectivity index (χ3v) is 5.02. The lowest BCUT2D eigenvalue weighted by Crippen LogP contribution is -2.39. The van der Waals surface area contributed by atoms with Crippen LogP contribution in [0.5, 0.6) is 0 Å². The van der Waals surface area contributed by atoms with Gasteiger partial charge in [-0.15, -0.1) is 0 Å². The molecule has 1 saturated carbocycles. The maximum Gasteiger partial charge on any atom is 0.0622 e. The molecule has 0 spiro atoms. The van der Waals surface area contributed by atoms with Crippen molar-refractivity contribution in [2.75, 3.05) is 0 Å². The van der Waals surface area contributed by atoms with Crippen molar-refractivity contribution in [2.24, 2.45) is 11.3 Å². The van der Waals surface area contributed by atoms with Gasteiger partial charge in [-0.3, -0.25) is 0 Å². The maximum atomic E-state index is 10.2. The zero-order chi connectivity index (χ0) is 12.0. The van der Waals surface area contributed by atoms with E-state index in [-0.39, 0.29) is 0 Å². The van der Waals surface area contributed by atoms with Crippen LogP contribution in [0.3, 0.4) is 0 Å². The normalized spacial score (nSPS) is 36.2. The highest BCUT2D eigenvalue weighted by atomic mass is 16.3. The predicted molar refractivity (Wildman–Crippen MR) is 68.3 cm³/mol. The summed E-state index contributed by atoms with van der Waals surface area (Å²) < 4.78 is 0. The van der Waals surface area contributed by atoms with Crippen LogP contribution in [0.1, 0.15) is 66.2 Å². The van der Waals surface area contributed by atoms with E-state index in [1.165, 1.54) is 32.1 Å². The number of rotatable bonds is 1. The molecule has 1 nitrogen and oxygen atoms in total. The quantitative estimate of drug-likeness (QED) is 0.663. The van der Waals surface area contributed by atoms with E-state index in [4.69, 9.17) is 0 Å².